The van der Waals surface area contributed by atoms with Crippen molar-refractivity contribution in [1.29, 1.82) is 0 Å². The second kappa shape index (κ2) is 10.9. The highest BCUT2D eigenvalue weighted by molar-refractivity contribution is 7.99. The first-order valence-electron chi connectivity index (χ1n) is 12.0. The molecule has 0 atom stereocenters. The number of hydrogen-bond acceptors (Lipinski definition) is 6. The third-order valence-electron chi connectivity index (χ3n) is 6.34. The average Bonchev–Trinajstić information content (AvgIpc) is 3.20. The maximum absolute atomic E-state index is 14.5. The third-order valence-corrected chi connectivity index (χ3v) is 7.64. The van der Waals surface area contributed by atoms with Crippen molar-refractivity contribution in [2.24, 2.45) is 0 Å². The molecule has 1 aromatic heterocycles. The fourth-order valence-electron chi connectivity index (χ4n) is 4.43. The van der Waals surface area contributed by atoms with Crippen molar-refractivity contribution in [2.45, 2.75) is 23.6 Å². The number of para-hydroxylation sites is 1. The second-order valence-electron chi connectivity index (χ2n) is 8.92. The molecule has 5 rings (SSSR count). The number of nitrogens with one attached hydrogen (secondary N) is 1. The van der Waals surface area contributed by atoms with Gasteiger partial charge in [0.2, 0.25) is 0 Å². The van der Waals surface area contributed by atoms with Crippen LogP contribution in [0.5, 0.6) is 0 Å². The number of carbonyl (C=O) groups excluding carboxylic acids is 2. The molecule has 0 spiro atoms. The molecule has 3 aromatic carbocycles. The summed E-state index contributed by atoms with van der Waals surface area (Å²) in [5, 5.41) is 13.2. The van der Waals surface area contributed by atoms with E-state index in [1.165, 1.54) is 48.2 Å². The van der Waals surface area contributed by atoms with Crippen LogP contribution >= 0.6 is 24.0 Å². The standard InChI is InChI=1S/C29H21FN4O4S2/c1-17-15-19(16-24-27(35)31-29(39)33(28(24)36)26-6-4-3-5-25(26)30)18(2)32(17)20-7-11-22(12-8-20)40-23-13-9-21(10-14-23)34(37)38/h3-16H,1-2H3,(H,31,35,39)/b24-16+. The van der Waals surface area contributed by atoms with Gasteiger partial charge in [-0.2, -0.15) is 0 Å². The van der Waals surface area contributed by atoms with Gasteiger partial charge in [-0.05, 0) is 92.3 Å². The Morgan fingerprint density at radius 2 is 1.60 bits per heavy atom. The number of thiocarbonyl (C=S) groups is 1. The van der Waals surface area contributed by atoms with Gasteiger partial charge in [0.05, 0.1) is 10.6 Å². The molecule has 1 saturated heterocycles. The topological polar surface area (TPSA) is 97.5 Å². The number of non-ortho nitro benzene ring substituents is 1. The monoisotopic (exact) mass is 572 g/mol. The summed E-state index contributed by atoms with van der Waals surface area (Å²) >= 11 is 6.65. The van der Waals surface area contributed by atoms with Crippen LogP contribution in [0.15, 0.2) is 94.2 Å². The minimum atomic E-state index is -0.712. The van der Waals surface area contributed by atoms with Gasteiger partial charge < -0.3 is 4.57 Å². The molecule has 8 nitrogen and oxygen atoms in total. The van der Waals surface area contributed by atoms with E-state index < -0.39 is 22.6 Å². The van der Waals surface area contributed by atoms with E-state index in [4.69, 9.17) is 12.2 Å². The predicted molar refractivity (Wildman–Crippen MR) is 155 cm³/mol. The summed E-state index contributed by atoms with van der Waals surface area (Å²) in [7, 11) is 0. The van der Waals surface area contributed by atoms with Crippen molar-refractivity contribution in [2.75, 3.05) is 4.90 Å². The van der Waals surface area contributed by atoms with Crippen molar-refractivity contribution in [3.63, 3.8) is 0 Å². The van der Waals surface area contributed by atoms with Crippen molar-refractivity contribution < 1.29 is 18.9 Å². The zero-order valence-corrected chi connectivity index (χ0v) is 22.9. The normalized spacial score (nSPS) is 14.5. The molecule has 4 aromatic rings. The number of carbonyl (C=O) groups is 2. The highest BCUT2D eigenvalue weighted by atomic mass is 32.2. The number of amides is 2. The molecule has 0 unspecified atom stereocenters. The summed E-state index contributed by atoms with van der Waals surface area (Å²) in [5.41, 5.74) is 3.05. The molecule has 1 aliphatic rings. The largest absolute Gasteiger partial charge is 0.318 e. The van der Waals surface area contributed by atoms with E-state index in [2.05, 4.69) is 5.32 Å². The minimum Gasteiger partial charge on any atom is -0.318 e. The van der Waals surface area contributed by atoms with Crippen molar-refractivity contribution in [3.8, 4) is 5.69 Å². The van der Waals surface area contributed by atoms with Gasteiger partial charge in [0, 0.05) is 39.0 Å². The zero-order chi connectivity index (χ0) is 28.6. The lowest BCUT2D eigenvalue weighted by Gasteiger charge is -2.29. The van der Waals surface area contributed by atoms with E-state index in [0.29, 0.717) is 5.56 Å². The van der Waals surface area contributed by atoms with Crippen LogP contribution in [0.3, 0.4) is 0 Å². The lowest BCUT2D eigenvalue weighted by molar-refractivity contribution is -0.384. The van der Waals surface area contributed by atoms with Crippen molar-refractivity contribution in [3.05, 3.63) is 117 Å². The van der Waals surface area contributed by atoms with Crippen LogP contribution in [0.25, 0.3) is 11.8 Å². The Morgan fingerprint density at radius 3 is 2.23 bits per heavy atom. The molecular formula is C29H21FN4O4S2. The van der Waals surface area contributed by atoms with Crippen LogP contribution < -0.4 is 10.2 Å². The van der Waals surface area contributed by atoms with Gasteiger partial charge in [0.25, 0.3) is 17.5 Å². The van der Waals surface area contributed by atoms with Gasteiger partial charge in [-0.15, -0.1) is 0 Å². The third kappa shape index (κ3) is 5.16. The van der Waals surface area contributed by atoms with Gasteiger partial charge in [-0.1, -0.05) is 23.9 Å². The zero-order valence-electron chi connectivity index (χ0n) is 21.3. The maximum atomic E-state index is 14.5. The van der Waals surface area contributed by atoms with Crippen LogP contribution in [0.1, 0.15) is 17.0 Å². The Kier molecular flexibility index (Phi) is 7.33. The molecule has 0 saturated carbocycles. The molecule has 0 aliphatic carbocycles. The molecule has 0 radical (unpaired) electrons. The Morgan fingerprint density at radius 1 is 0.975 bits per heavy atom. The number of nitro benzene ring substituents is 1. The first-order chi connectivity index (χ1) is 19.1. The Labute approximate surface area is 238 Å². The molecule has 40 heavy (non-hydrogen) atoms. The molecule has 200 valence electrons. The van der Waals surface area contributed by atoms with E-state index in [1.54, 1.807) is 18.2 Å². The minimum absolute atomic E-state index is 0.0408. The van der Waals surface area contributed by atoms with Crippen LogP contribution in [-0.2, 0) is 9.59 Å². The first-order valence-corrected chi connectivity index (χ1v) is 13.2. The van der Waals surface area contributed by atoms with Crippen molar-refractivity contribution >= 4 is 58.4 Å². The summed E-state index contributed by atoms with van der Waals surface area (Å²) in [4.78, 5) is 39.3. The van der Waals surface area contributed by atoms with E-state index >= 15 is 0 Å². The van der Waals surface area contributed by atoms with Crippen LogP contribution in [0.2, 0.25) is 0 Å². The van der Waals surface area contributed by atoms with Crippen LogP contribution in [0, 0.1) is 29.8 Å². The van der Waals surface area contributed by atoms with Crippen molar-refractivity contribution in [1.82, 2.24) is 9.88 Å². The smallest absolute Gasteiger partial charge is 0.270 e. The van der Waals surface area contributed by atoms with Gasteiger partial charge in [0.15, 0.2) is 5.11 Å². The molecule has 1 N–H and O–H groups in total. The average molecular weight is 573 g/mol. The van der Waals surface area contributed by atoms with E-state index in [0.717, 1.165) is 31.8 Å². The quantitative estimate of drug-likeness (QED) is 0.0983. The molecule has 1 fully saturated rings. The van der Waals surface area contributed by atoms with Gasteiger partial charge in [-0.25, -0.2) is 9.29 Å². The summed E-state index contributed by atoms with van der Waals surface area (Å²) in [6, 6.07) is 21.7. The molecular weight excluding hydrogens is 551 g/mol. The number of aromatic nitrogens is 1. The predicted octanol–water partition coefficient (Wildman–Crippen LogP) is 6.12. The number of anilines is 1. The number of nitrogens with zero attached hydrogens (tertiary/aromatic N) is 3. The van der Waals surface area contributed by atoms with Gasteiger partial charge in [-0.3, -0.25) is 25.0 Å². The Balaban J connectivity index is 1.42. The van der Waals surface area contributed by atoms with Gasteiger partial charge in [0.1, 0.15) is 11.4 Å². The van der Waals surface area contributed by atoms with E-state index in [1.807, 2.05) is 48.7 Å². The Bertz CT molecular complexity index is 1710. The van der Waals surface area contributed by atoms with E-state index in [-0.39, 0.29) is 22.1 Å². The fourth-order valence-corrected chi connectivity index (χ4v) is 5.52. The number of hydrogen-bond donors (Lipinski definition) is 1. The SMILES string of the molecule is Cc1cc(/C=C2\C(=O)NC(=S)N(c3ccccc3F)C2=O)c(C)n1-c1ccc(Sc2ccc([N+](=O)[O-])cc2)cc1. The maximum Gasteiger partial charge on any atom is 0.270 e. The Hall–Kier alpha value is -4.61. The molecule has 0 bridgehead atoms. The number of halogens is 1. The highest BCUT2D eigenvalue weighted by Gasteiger charge is 2.36. The number of rotatable bonds is 6. The van der Waals surface area contributed by atoms with E-state index in [9.17, 15) is 24.1 Å². The van der Waals surface area contributed by atoms with Gasteiger partial charge >= 0.3 is 0 Å². The molecule has 2 amide bonds. The first kappa shape index (κ1) is 27.0. The lowest BCUT2D eigenvalue weighted by Crippen LogP contribution is -2.54. The molecule has 1 aliphatic heterocycles. The highest BCUT2D eigenvalue weighted by Crippen LogP contribution is 2.31. The van der Waals surface area contributed by atoms with Crippen LogP contribution in [-0.4, -0.2) is 26.4 Å². The number of aryl methyl sites for hydroxylation is 1. The summed E-state index contributed by atoms with van der Waals surface area (Å²) in [6.45, 7) is 3.79. The number of benzene rings is 3. The van der Waals surface area contributed by atoms with Crippen LogP contribution in [0.4, 0.5) is 15.8 Å². The summed E-state index contributed by atoms with van der Waals surface area (Å²) < 4.78 is 16.5. The molecule has 2 heterocycles. The summed E-state index contributed by atoms with van der Waals surface area (Å²) in [5.74, 6) is -2.00. The summed E-state index contributed by atoms with van der Waals surface area (Å²) in [6.07, 6.45) is 1.49. The second-order valence-corrected chi connectivity index (χ2v) is 10.5. The fraction of sp³-hybridized carbons (Fsp3) is 0.0690. The number of nitro groups is 1. The molecule has 11 heteroatoms. The lowest BCUT2D eigenvalue weighted by atomic mass is 10.1.